The lowest BCUT2D eigenvalue weighted by Crippen LogP contribution is -2.23. The van der Waals surface area contributed by atoms with Crippen LogP contribution >= 0.6 is 0 Å². The SMILES string of the molecule is C=C(C(=O)OC(=O)C(=C)S(=O)(=O)c1ccc(C)cc1)S(=O)(=O)c1ccc(C)cc1. The van der Waals surface area contributed by atoms with E-state index in [1.165, 1.54) is 48.5 Å². The molecule has 0 saturated carbocycles. The van der Waals surface area contributed by atoms with Crippen molar-refractivity contribution in [2.75, 3.05) is 0 Å². The van der Waals surface area contributed by atoms with Crippen LogP contribution < -0.4 is 0 Å². The molecule has 0 unspecified atom stereocenters. The van der Waals surface area contributed by atoms with E-state index in [-0.39, 0.29) is 9.79 Å². The number of esters is 2. The van der Waals surface area contributed by atoms with Gasteiger partial charge in [0.1, 0.15) is 9.81 Å². The molecule has 0 spiro atoms. The number of ether oxygens (including phenoxy) is 1. The molecule has 152 valence electrons. The second-order valence-corrected chi connectivity index (χ2v) is 10.1. The number of aryl methyl sites for hydroxylation is 2. The van der Waals surface area contributed by atoms with Crippen LogP contribution in [0.1, 0.15) is 11.1 Å². The number of benzene rings is 2. The predicted molar refractivity (Wildman–Crippen MR) is 106 cm³/mol. The average molecular weight is 434 g/mol. The summed E-state index contributed by atoms with van der Waals surface area (Å²) in [5, 5.41) is 0. The van der Waals surface area contributed by atoms with Crippen molar-refractivity contribution in [1.82, 2.24) is 0 Å². The van der Waals surface area contributed by atoms with Crippen molar-refractivity contribution in [2.24, 2.45) is 0 Å². The van der Waals surface area contributed by atoms with Gasteiger partial charge in [0.05, 0.1) is 9.79 Å². The first kappa shape index (κ1) is 22.3. The summed E-state index contributed by atoms with van der Waals surface area (Å²) >= 11 is 0. The van der Waals surface area contributed by atoms with E-state index in [1.54, 1.807) is 13.8 Å². The average Bonchev–Trinajstić information content (AvgIpc) is 2.67. The third-order valence-electron chi connectivity index (χ3n) is 3.95. The third-order valence-corrected chi connectivity index (χ3v) is 7.37. The highest BCUT2D eigenvalue weighted by molar-refractivity contribution is 7.96. The number of carbonyl (C=O) groups is 2. The Morgan fingerprint density at radius 2 is 0.931 bits per heavy atom. The van der Waals surface area contributed by atoms with Gasteiger partial charge in [-0.3, -0.25) is 0 Å². The highest BCUT2D eigenvalue weighted by Crippen LogP contribution is 2.22. The summed E-state index contributed by atoms with van der Waals surface area (Å²) in [6, 6.07) is 11.2. The monoisotopic (exact) mass is 434 g/mol. The molecule has 2 aromatic rings. The van der Waals surface area contributed by atoms with Crippen molar-refractivity contribution >= 4 is 31.6 Å². The minimum Gasteiger partial charge on any atom is -0.385 e. The molecule has 0 N–H and O–H groups in total. The lowest BCUT2D eigenvalue weighted by molar-refractivity contribution is -0.152. The van der Waals surface area contributed by atoms with Crippen LogP contribution in [-0.2, 0) is 34.0 Å². The maximum atomic E-state index is 12.4. The van der Waals surface area contributed by atoms with E-state index < -0.39 is 41.4 Å². The number of hydrogen-bond acceptors (Lipinski definition) is 7. The van der Waals surface area contributed by atoms with E-state index in [2.05, 4.69) is 17.9 Å². The molecule has 29 heavy (non-hydrogen) atoms. The molecule has 0 aliphatic carbocycles. The Kier molecular flexibility index (Phi) is 6.24. The Labute approximate surface area is 169 Å². The Balaban J connectivity index is 2.20. The molecule has 0 bridgehead atoms. The second-order valence-electron chi connectivity index (χ2n) is 6.16. The minimum absolute atomic E-state index is 0.219. The first-order chi connectivity index (χ1) is 13.4. The largest absolute Gasteiger partial charge is 0.385 e. The number of rotatable bonds is 6. The van der Waals surface area contributed by atoms with E-state index in [0.717, 1.165) is 11.1 Å². The smallest absolute Gasteiger partial charge is 0.357 e. The number of sulfone groups is 2. The normalized spacial score (nSPS) is 11.5. The Morgan fingerprint density at radius 1 is 0.655 bits per heavy atom. The van der Waals surface area contributed by atoms with Crippen LogP contribution in [0.3, 0.4) is 0 Å². The van der Waals surface area contributed by atoms with Crippen molar-refractivity contribution < 1.29 is 31.2 Å². The van der Waals surface area contributed by atoms with Gasteiger partial charge in [0.15, 0.2) is 0 Å². The van der Waals surface area contributed by atoms with Gasteiger partial charge >= 0.3 is 11.9 Å². The quantitative estimate of drug-likeness (QED) is 0.390. The molecule has 0 fully saturated rings. The van der Waals surface area contributed by atoms with Crippen molar-refractivity contribution in [3.8, 4) is 0 Å². The Bertz CT molecular complexity index is 1110. The van der Waals surface area contributed by atoms with E-state index in [4.69, 9.17) is 0 Å². The maximum Gasteiger partial charge on any atom is 0.357 e. The standard InChI is InChI=1S/C20H18O7S2/c1-13-5-9-17(10-6-13)28(23,24)15(3)19(21)27-20(22)16(4)29(25,26)18-11-7-14(2)8-12-18/h5-12H,3-4H2,1-2H3. The van der Waals surface area contributed by atoms with Crippen LogP contribution in [-0.4, -0.2) is 28.8 Å². The highest BCUT2D eigenvalue weighted by atomic mass is 32.2. The first-order valence-corrected chi connectivity index (χ1v) is 11.1. The zero-order valence-corrected chi connectivity index (χ0v) is 17.3. The van der Waals surface area contributed by atoms with Gasteiger partial charge in [-0.1, -0.05) is 48.6 Å². The summed E-state index contributed by atoms with van der Waals surface area (Å²) in [6.45, 7) is 9.84. The molecule has 9 heteroatoms. The molecule has 0 amide bonds. The van der Waals surface area contributed by atoms with Gasteiger partial charge in [0.25, 0.3) is 0 Å². The van der Waals surface area contributed by atoms with Crippen LogP contribution in [0.4, 0.5) is 0 Å². The van der Waals surface area contributed by atoms with Gasteiger partial charge in [-0.2, -0.15) is 0 Å². The zero-order chi connectivity index (χ0) is 22.0. The molecule has 0 atom stereocenters. The maximum absolute atomic E-state index is 12.4. The molecular formula is C20H18O7S2. The lowest BCUT2D eigenvalue weighted by Gasteiger charge is -2.09. The summed E-state index contributed by atoms with van der Waals surface area (Å²) in [5.74, 6) is -3.17. The van der Waals surface area contributed by atoms with Crippen molar-refractivity contribution in [2.45, 2.75) is 23.6 Å². The number of hydrogen-bond donors (Lipinski definition) is 0. The Hall–Kier alpha value is -3.04. The van der Waals surface area contributed by atoms with Gasteiger partial charge < -0.3 is 4.74 Å². The molecule has 0 aromatic heterocycles. The molecule has 0 saturated heterocycles. The summed E-state index contributed by atoms with van der Waals surface area (Å²) in [4.78, 5) is 21.7. The fraction of sp³-hybridized carbons (Fsp3) is 0.100. The molecule has 7 nitrogen and oxygen atoms in total. The van der Waals surface area contributed by atoms with E-state index >= 15 is 0 Å². The van der Waals surface area contributed by atoms with Gasteiger partial charge in [-0.25, -0.2) is 26.4 Å². The topological polar surface area (TPSA) is 112 Å². The Morgan fingerprint density at radius 3 is 1.21 bits per heavy atom. The van der Waals surface area contributed by atoms with Gasteiger partial charge in [0, 0.05) is 0 Å². The van der Waals surface area contributed by atoms with E-state index in [9.17, 15) is 26.4 Å². The van der Waals surface area contributed by atoms with Crippen LogP contribution in [0.5, 0.6) is 0 Å². The summed E-state index contributed by atoms with van der Waals surface area (Å²) in [5.41, 5.74) is 1.59. The van der Waals surface area contributed by atoms with Crippen LogP contribution in [0.25, 0.3) is 0 Å². The second kappa shape index (κ2) is 8.14. The molecule has 0 aliphatic rings. The lowest BCUT2D eigenvalue weighted by atomic mass is 10.2. The summed E-state index contributed by atoms with van der Waals surface area (Å²) in [6.07, 6.45) is 0. The molecule has 0 heterocycles. The predicted octanol–water partition coefficient (Wildman–Crippen LogP) is 2.65. The first-order valence-electron chi connectivity index (χ1n) is 8.15. The fourth-order valence-corrected chi connectivity index (χ4v) is 4.22. The van der Waals surface area contributed by atoms with Crippen molar-refractivity contribution in [3.05, 3.63) is 82.6 Å². The van der Waals surface area contributed by atoms with Crippen LogP contribution in [0.15, 0.2) is 81.3 Å². The minimum atomic E-state index is -4.32. The number of carbonyl (C=O) groups excluding carboxylic acids is 2. The zero-order valence-electron chi connectivity index (χ0n) is 15.7. The summed E-state index contributed by atoms with van der Waals surface area (Å²) in [7, 11) is -8.64. The van der Waals surface area contributed by atoms with Crippen LogP contribution in [0, 0.1) is 13.8 Å². The molecule has 2 aromatic carbocycles. The van der Waals surface area contributed by atoms with Gasteiger partial charge in [-0.15, -0.1) is 0 Å². The molecule has 0 radical (unpaired) electrons. The summed E-state index contributed by atoms with van der Waals surface area (Å²) < 4.78 is 54.1. The van der Waals surface area contributed by atoms with Gasteiger partial charge in [0.2, 0.25) is 19.7 Å². The molecule has 0 aliphatic heterocycles. The van der Waals surface area contributed by atoms with Crippen LogP contribution in [0.2, 0.25) is 0 Å². The van der Waals surface area contributed by atoms with Gasteiger partial charge in [-0.05, 0) is 38.1 Å². The third kappa shape index (κ3) is 4.69. The van der Waals surface area contributed by atoms with Crippen molar-refractivity contribution in [1.29, 1.82) is 0 Å². The van der Waals surface area contributed by atoms with Crippen molar-refractivity contribution in [3.63, 3.8) is 0 Å². The van der Waals surface area contributed by atoms with E-state index in [1.807, 2.05) is 0 Å². The molecular weight excluding hydrogens is 416 g/mol. The molecule has 2 rings (SSSR count). The fourth-order valence-electron chi connectivity index (χ4n) is 2.14. The van der Waals surface area contributed by atoms with E-state index in [0.29, 0.717) is 0 Å². The highest BCUT2D eigenvalue weighted by Gasteiger charge is 2.32.